The Hall–Kier alpha value is -3.00. The summed E-state index contributed by atoms with van der Waals surface area (Å²) in [4.78, 5) is 0. The van der Waals surface area contributed by atoms with Crippen molar-refractivity contribution in [3.63, 3.8) is 0 Å². The molecule has 2 saturated carbocycles. The van der Waals surface area contributed by atoms with Crippen molar-refractivity contribution in [1.82, 2.24) is 0 Å². The van der Waals surface area contributed by atoms with Gasteiger partial charge >= 0.3 is 0 Å². The second kappa shape index (κ2) is 13.2. The van der Waals surface area contributed by atoms with Crippen molar-refractivity contribution in [1.29, 1.82) is 0 Å². The first-order valence-corrected chi connectivity index (χ1v) is 15.9. The summed E-state index contributed by atoms with van der Waals surface area (Å²) in [5, 5.41) is 0. The lowest BCUT2D eigenvalue weighted by Crippen LogP contribution is -2.27. The van der Waals surface area contributed by atoms with Gasteiger partial charge < -0.3 is 9.47 Å². The summed E-state index contributed by atoms with van der Waals surface area (Å²) in [6.45, 7) is 2.53. The van der Waals surface area contributed by atoms with E-state index in [2.05, 4.69) is 0 Å². The summed E-state index contributed by atoms with van der Waals surface area (Å²) >= 11 is 0. The van der Waals surface area contributed by atoms with Gasteiger partial charge in [-0.05, 0) is 105 Å². The van der Waals surface area contributed by atoms with Gasteiger partial charge in [0.05, 0.1) is 13.2 Å². The molecule has 1 heterocycles. The summed E-state index contributed by atoms with van der Waals surface area (Å²) < 4.78 is 99.2. The molecule has 44 heavy (non-hydrogen) atoms. The van der Waals surface area contributed by atoms with Gasteiger partial charge in [0.1, 0.15) is 6.10 Å². The molecule has 1 unspecified atom stereocenters. The monoisotopic (exact) mass is 616 g/mol. The first-order valence-electron chi connectivity index (χ1n) is 15.9. The molecule has 2 aliphatic carbocycles. The van der Waals surface area contributed by atoms with Crippen LogP contribution in [0.15, 0.2) is 36.4 Å². The van der Waals surface area contributed by atoms with Crippen molar-refractivity contribution >= 4 is 0 Å². The Morgan fingerprint density at radius 1 is 0.636 bits per heavy atom. The van der Waals surface area contributed by atoms with E-state index in [0.717, 1.165) is 51.4 Å². The van der Waals surface area contributed by atoms with E-state index in [1.165, 1.54) is 24.3 Å². The van der Waals surface area contributed by atoms with Gasteiger partial charge in [-0.25, -0.2) is 22.0 Å². The Bertz CT molecular complexity index is 1490. The molecule has 3 aromatic rings. The van der Waals surface area contributed by atoms with Gasteiger partial charge in [0.25, 0.3) is 0 Å². The third-order valence-electron chi connectivity index (χ3n) is 10.1. The lowest BCUT2D eigenvalue weighted by Gasteiger charge is -2.38. The van der Waals surface area contributed by atoms with Gasteiger partial charge in [0.15, 0.2) is 34.8 Å². The highest BCUT2D eigenvalue weighted by Crippen LogP contribution is 2.45. The number of hydrogen-bond donors (Lipinski definition) is 0. The molecule has 1 atom stereocenters. The predicted molar refractivity (Wildman–Crippen MR) is 156 cm³/mol. The van der Waals surface area contributed by atoms with E-state index >= 15 is 0 Å². The first kappa shape index (κ1) is 31.0. The van der Waals surface area contributed by atoms with Crippen LogP contribution >= 0.6 is 0 Å². The molecule has 0 amide bonds. The number of epoxide rings is 1. The zero-order valence-corrected chi connectivity index (χ0v) is 24.9. The van der Waals surface area contributed by atoms with Gasteiger partial charge in [-0.15, -0.1) is 0 Å². The summed E-state index contributed by atoms with van der Waals surface area (Å²) in [5.41, 5.74) is 0.323. The molecule has 2 nitrogen and oxygen atoms in total. The second-order valence-electron chi connectivity index (χ2n) is 12.8. The minimum Gasteiger partial charge on any atom is -0.490 e. The molecule has 3 fully saturated rings. The molecular weight excluding hydrogens is 578 g/mol. The smallest absolute Gasteiger partial charge is 0.201 e. The SMILES string of the molecule is CCCc1ccc(-c2ccc(OCC3CCC(C4CCC(c5ccc(C6CO6)c(F)c5F)CC4)CC3)c(F)c2F)c(F)c1F. The molecule has 0 N–H and O–H groups in total. The van der Waals surface area contributed by atoms with E-state index in [1.807, 2.05) is 6.92 Å². The minimum absolute atomic E-state index is 0.0253. The average molecular weight is 617 g/mol. The maximum absolute atomic E-state index is 15.0. The van der Waals surface area contributed by atoms with E-state index in [0.29, 0.717) is 42.4 Å². The number of hydrogen-bond acceptors (Lipinski definition) is 2. The standard InChI is InChI=1S/C36H38F6O2/c1-2-3-24-12-13-26(33(39)31(24)37)27-16-17-29(36(42)34(27)40)43-18-20-4-6-21(7-5-20)22-8-10-23(11-9-22)25-14-15-28(30-19-44-30)35(41)32(25)38/h12-17,20-23,30H,2-11,18-19H2,1H3. The third-order valence-corrected chi connectivity index (χ3v) is 10.1. The zero-order valence-electron chi connectivity index (χ0n) is 24.9. The maximum Gasteiger partial charge on any atom is 0.201 e. The molecule has 1 aliphatic heterocycles. The van der Waals surface area contributed by atoms with E-state index in [-0.39, 0.29) is 47.0 Å². The third kappa shape index (κ3) is 6.24. The molecule has 8 heteroatoms. The lowest BCUT2D eigenvalue weighted by molar-refractivity contribution is 0.129. The lowest BCUT2D eigenvalue weighted by atomic mass is 9.68. The van der Waals surface area contributed by atoms with Crippen LogP contribution in [0, 0.1) is 52.7 Å². The van der Waals surface area contributed by atoms with Crippen LogP contribution in [-0.4, -0.2) is 13.2 Å². The van der Waals surface area contributed by atoms with Gasteiger partial charge in [0.2, 0.25) is 5.82 Å². The molecular formula is C36H38F6O2. The van der Waals surface area contributed by atoms with E-state index in [9.17, 15) is 26.3 Å². The normalized spacial score (nSPS) is 25.2. The minimum atomic E-state index is -1.26. The highest BCUT2D eigenvalue weighted by molar-refractivity contribution is 5.66. The van der Waals surface area contributed by atoms with Gasteiger partial charge in [-0.2, -0.15) is 4.39 Å². The van der Waals surface area contributed by atoms with Crippen LogP contribution in [0.5, 0.6) is 5.75 Å². The summed E-state index contributed by atoms with van der Waals surface area (Å²) in [7, 11) is 0. The molecule has 0 bridgehead atoms. The number of halogens is 6. The van der Waals surface area contributed by atoms with Crippen LogP contribution in [0.25, 0.3) is 11.1 Å². The number of benzene rings is 3. The Labute approximate surface area is 254 Å². The van der Waals surface area contributed by atoms with Crippen LogP contribution in [0.4, 0.5) is 26.3 Å². The van der Waals surface area contributed by atoms with Crippen molar-refractivity contribution in [2.75, 3.05) is 13.2 Å². The Morgan fingerprint density at radius 2 is 1.20 bits per heavy atom. The molecule has 0 radical (unpaired) electrons. The van der Waals surface area contributed by atoms with Gasteiger partial charge in [0, 0.05) is 16.7 Å². The summed E-state index contributed by atoms with van der Waals surface area (Å²) in [6.07, 6.45) is 8.14. The predicted octanol–water partition coefficient (Wildman–Crippen LogP) is 10.4. The van der Waals surface area contributed by atoms with Crippen LogP contribution in [0.1, 0.15) is 93.4 Å². The topological polar surface area (TPSA) is 21.8 Å². The largest absolute Gasteiger partial charge is 0.490 e. The van der Waals surface area contributed by atoms with Gasteiger partial charge in [-0.1, -0.05) is 37.6 Å². The van der Waals surface area contributed by atoms with Crippen molar-refractivity contribution in [3.8, 4) is 16.9 Å². The highest BCUT2D eigenvalue weighted by Gasteiger charge is 2.35. The molecule has 3 aliphatic rings. The average Bonchev–Trinajstić information content (AvgIpc) is 3.88. The molecule has 6 rings (SSSR count). The molecule has 236 valence electrons. The van der Waals surface area contributed by atoms with Crippen molar-refractivity contribution < 1.29 is 35.8 Å². The Morgan fingerprint density at radius 3 is 1.84 bits per heavy atom. The second-order valence-corrected chi connectivity index (χ2v) is 12.8. The van der Waals surface area contributed by atoms with E-state index in [4.69, 9.17) is 9.47 Å². The summed E-state index contributed by atoms with van der Waals surface area (Å²) in [5.74, 6) is -5.11. The van der Waals surface area contributed by atoms with Crippen molar-refractivity contribution in [3.05, 3.63) is 88.0 Å². The number of ether oxygens (including phenoxy) is 2. The summed E-state index contributed by atoms with van der Waals surface area (Å²) in [6, 6.07) is 8.60. The Kier molecular flexibility index (Phi) is 9.27. The van der Waals surface area contributed by atoms with Crippen molar-refractivity contribution in [2.45, 2.75) is 83.2 Å². The van der Waals surface area contributed by atoms with Crippen molar-refractivity contribution in [2.24, 2.45) is 17.8 Å². The first-order chi connectivity index (χ1) is 21.3. The fourth-order valence-electron chi connectivity index (χ4n) is 7.42. The van der Waals surface area contributed by atoms with Gasteiger partial charge in [-0.3, -0.25) is 0 Å². The molecule has 0 aromatic heterocycles. The van der Waals surface area contributed by atoms with E-state index in [1.54, 1.807) is 12.1 Å². The molecule has 1 saturated heterocycles. The highest BCUT2D eigenvalue weighted by atomic mass is 19.2. The number of aryl methyl sites for hydroxylation is 1. The maximum atomic E-state index is 15.0. The fraction of sp³-hybridized carbons (Fsp3) is 0.500. The van der Waals surface area contributed by atoms with E-state index < -0.39 is 34.9 Å². The quantitative estimate of drug-likeness (QED) is 0.176. The Balaban J connectivity index is 0.997. The fourth-order valence-corrected chi connectivity index (χ4v) is 7.42. The molecule has 0 spiro atoms. The van der Waals surface area contributed by atoms with Crippen LogP contribution in [0.2, 0.25) is 0 Å². The van der Waals surface area contributed by atoms with Crippen LogP contribution < -0.4 is 4.74 Å². The van der Waals surface area contributed by atoms with Crippen LogP contribution in [-0.2, 0) is 11.2 Å². The van der Waals surface area contributed by atoms with Crippen LogP contribution in [0.3, 0.4) is 0 Å². The molecule has 3 aromatic carbocycles. The zero-order chi connectivity index (χ0) is 31.0. The number of rotatable bonds is 9.